The van der Waals surface area contributed by atoms with Gasteiger partial charge in [-0.1, -0.05) is 6.07 Å². The zero-order chi connectivity index (χ0) is 22.0. The largest absolute Gasteiger partial charge is 0.507 e. The van der Waals surface area contributed by atoms with Gasteiger partial charge in [-0.25, -0.2) is 18.7 Å². The van der Waals surface area contributed by atoms with E-state index in [1.54, 1.807) is 12.1 Å². The van der Waals surface area contributed by atoms with Gasteiger partial charge in [-0.3, -0.25) is 9.78 Å². The lowest BCUT2D eigenvalue weighted by Gasteiger charge is -2.43. The third-order valence-corrected chi connectivity index (χ3v) is 5.47. The number of nitrogens with zero attached hydrogens (tertiary/aromatic N) is 3. The molecule has 0 unspecified atom stereocenters. The Kier molecular flexibility index (Phi) is 5.50. The van der Waals surface area contributed by atoms with Crippen molar-refractivity contribution in [3.63, 3.8) is 0 Å². The summed E-state index contributed by atoms with van der Waals surface area (Å²) in [4.78, 5) is 23.8. The van der Waals surface area contributed by atoms with E-state index in [9.17, 15) is 18.7 Å². The minimum absolute atomic E-state index is 0.0190. The number of rotatable bonds is 7. The highest BCUT2D eigenvalue weighted by atomic mass is 19.1. The first-order chi connectivity index (χ1) is 14.9. The molecule has 4 N–H and O–H groups in total. The fourth-order valence-electron chi connectivity index (χ4n) is 3.92. The normalized spacial score (nSPS) is 20.1. The number of nitrogens with one attached hydrogen (secondary N) is 1. The van der Waals surface area contributed by atoms with Crippen molar-refractivity contribution < 1.29 is 18.7 Å². The molecule has 1 aliphatic rings. The Labute approximate surface area is 177 Å². The highest BCUT2D eigenvalue weighted by Crippen LogP contribution is 2.45. The minimum atomic E-state index is -0.998. The number of amides is 1. The van der Waals surface area contributed by atoms with Crippen molar-refractivity contribution in [2.24, 2.45) is 5.73 Å². The maximum absolute atomic E-state index is 14.3. The summed E-state index contributed by atoms with van der Waals surface area (Å²) in [5.74, 6) is -0.629. The molecule has 1 amide bonds. The quantitative estimate of drug-likeness (QED) is 0.536. The molecule has 9 heteroatoms. The number of aromatic hydroxyl groups is 1. The Bertz CT molecular complexity index is 1100. The van der Waals surface area contributed by atoms with Gasteiger partial charge in [0.2, 0.25) is 11.9 Å². The van der Waals surface area contributed by atoms with E-state index in [1.807, 2.05) is 0 Å². The second-order valence-corrected chi connectivity index (χ2v) is 7.76. The van der Waals surface area contributed by atoms with Crippen molar-refractivity contribution in [1.29, 1.82) is 0 Å². The highest BCUT2D eigenvalue weighted by molar-refractivity contribution is 5.78. The van der Waals surface area contributed by atoms with Crippen LogP contribution in [0.5, 0.6) is 5.75 Å². The van der Waals surface area contributed by atoms with E-state index in [0.29, 0.717) is 16.7 Å². The van der Waals surface area contributed by atoms with Crippen LogP contribution in [-0.2, 0) is 16.6 Å². The average molecular weight is 425 g/mol. The van der Waals surface area contributed by atoms with E-state index in [4.69, 9.17) is 5.73 Å². The molecule has 2 aromatic heterocycles. The van der Waals surface area contributed by atoms with E-state index >= 15 is 0 Å². The second kappa shape index (κ2) is 8.25. The number of halogens is 2. The van der Waals surface area contributed by atoms with Gasteiger partial charge in [0, 0.05) is 41.7 Å². The summed E-state index contributed by atoms with van der Waals surface area (Å²) in [5, 5.41) is 13.2. The predicted octanol–water partition coefficient (Wildman–Crippen LogP) is 2.89. The summed E-state index contributed by atoms with van der Waals surface area (Å²) in [6.45, 7) is 0.236. The third kappa shape index (κ3) is 4.30. The lowest BCUT2D eigenvalue weighted by atomic mass is 9.65. The summed E-state index contributed by atoms with van der Waals surface area (Å²) in [7, 11) is 0. The molecule has 7 nitrogen and oxygen atoms in total. The number of primary amides is 1. The van der Waals surface area contributed by atoms with Crippen molar-refractivity contribution in [3.8, 4) is 16.9 Å². The standard InChI is InChI=1S/C22H21F2N5O2/c23-15-8-22(9-15,20-17(24)2-1-5-26-20)12-29-21-27-10-14(11-28-21)16-6-13(7-19(25)31)3-4-18(16)30/h1-6,10-11,15,30H,7-9,12H2,(H2,25,31)(H,27,28,29). The molecule has 0 spiro atoms. The number of anilines is 1. The van der Waals surface area contributed by atoms with Gasteiger partial charge in [0.25, 0.3) is 0 Å². The summed E-state index contributed by atoms with van der Waals surface area (Å²) in [6.07, 6.45) is 3.93. The first-order valence-electron chi connectivity index (χ1n) is 9.78. The van der Waals surface area contributed by atoms with Crippen LogP contribution in [0.4, 0.5) is 14.7 Å². The lowest BCUT2D eigenvalue weighted by Crippen LogP contribution is -2.49. The number of phenolic OH excluding ortho intramolecular Hbond substituents is 1. The number of hydrogen-bond donors (Lipinski definition) is 3. The maximum atomic E-state index is 14.3. The first-order valence-corrected chi connectivity index (χ1v) is 9.78. The van der Waals surface area contributed by atoms with Crippen LogP contribution >= 0.6 is 0 Å². The molecular formula is C22H21F2N5O2. The number of phenols is 1. The maximum Gasteiger partial charge on any atom is 0.222 e. The van der Waals surface area contributed by atoms with Gasteiger partial charge >= 0.3 is 0 Å². The van der Waals surface area contributed by atoms with Crippen LogP contribution in [-0.4, -0.2) is 38.7 Å². The average Bonchev–Trinajstić information content (AvgIpc) is 2.72. The number of alkyl halides is 1. The lowest BCUT2D eigenvalue weighted by molar-refractivity contribution is -0.117. The van der Waals surface area contributed by atoms with Gasteiger partial charge in [-0.05, 0) is 42.7 Å². The number of carbonyl (C=O) groups excluding carboxylic acids is 1. The summed E-state index contributed by atoms with van der Waals surface area (Å²) >= 11 is 0. The van der Waals surface area contributed by atoms with Crippen LogP contribution < -0.4 is 11.1 Å². The van der Waals surface area contributed by atoms with E-state index in [1.165, 1.54) is 36.8 Å². The molecule has 4 rings (SSSR count). The molecule has 1 aromatic carbocycles. The SMILES string of the molecule is NC(=O)Cc1ccc(O)c(-c2cnc(NCC3(c4ncccc4F)CC(F)C3)nc2)c1. The van der Waals surface area contributed by atoms with Gasteiger partial charge in [-0.15, -0.1) is 0 Å². The molecule has 1 aliphatic carbocycles. The van der Waals surface area contributed by atoms with Crippen LogP contribution in [0.25, 0.3) is 11.1 Å². The van der Waals surface area contributed by atoms with Gasteiger partial charge in [0.05, 0.1) is 12.1 Å². The number of hydrogen-bond acceptors (Lipinski definition) is 6. The second-order valence-electron chi connectivity index (χ2n) is 7.76. The van der Waals surface area contributed by atoms with Crippen LogP contribution in [0.15, 0.2) is 48.9 Å². The fraction of sp³-hybridized carbons (Fsp3) is 0.273. The molecule has 2 heterocycles. The molecule has 3 aromatic rings. The van der Waals surface area contributed by atoms with Crippen LogP contribution in [0.1, 0.15) is 24.1 Å². The highest BCUT2D eigenvalue weighted by Gasteiger charge is 2.48. The Hall–Kier alpha value is -3.62. The van der Waals surface area contributed by atoms with Gasteiger partial charge in [0.15, 0.2) is 0 Å². The molecule has 0 atom stereocenters. The molecule has 160 valence electrons. The fourth-order valence-corrected chi connectivity index (χ4v) is 3.92. The van der Waals surface area contributed by atoms with Crippen molar-refractivity contribution in [1.82, 2.24) is 15.0 Å². The molecule has 31 heavy (non-hydrogen) atoms. The van der Waals surface area contributed by atoms with Gasteiger partial charge in [-0.2, -0.15) is 0 Å². The van der Waals surface area contributed by atoms with Crippen molar-refractivity contribution in [3.05, 3.63) is 66.0 Å². The Morgan fingerprint density at radius 3 is 2.61 bits per heavy atom. The zero-order valence-corrected chi connectivity index (χ0v) is 16.6. The van der Waals surface area contributed by atoms with Crippen molar-refractivity contribution in [2.75, 3.05) is 11.9 Å². The molecule has 1 fully saturated rings. The Balaban J connectivity index is 1.50. The first kappa shape index (κ1) is 20.6. The molecule has 0 radical (unpaired) electrons. The number of carbonyl (C=O) groups is 1. The van der Waals surface area contributed by atoms with Gasteiger partial charge < -0.3 is 16.2 Å². The molecule has 0 bridgehead atoms. The molecule has 0 saturated heterocycles. The van der Waals surface area contributed by atoms with Crippen LogP contribution in [0.2, 0.25) is 0 Å². The molecule has 0 aliphatic heterocycles. The number of benzene rings is 1. The Morgan fingerprint density at radius 2 is 1.97 bits per heavy atom. The monoisotopic (exact) mass is 425 g/mol. The number of pyridine rings is 1. The van der Waals surface area contributed by atoms with Crippen LogP contribution in [0, 0.1) is 5.82 Å². The Morgan fingerprint density at radius 1 is 1.23 bits per heavy atom. The molecule has 1 saturated carbocycles. The van der Waals surface area contributed by atoms with Crippen molar-refractivity contribution in [2.45, 2.75) is 30.8 Å². The minimum Gasteiger partial charge on any atom is -0.507 e. The predicted molar refractivity (Wildman–Crippen MR) is 111 cm³/mol. The zero-order valence-electron chi connectivity index (χ0n) is 16.6. The van der Waals surface area contributed by atoms with E-state index in [0.717, 1.165) is 0 Å². The smallest absolute Gasteiger partial charge is 0.222 e. The van der Waals surface area contributed by atoms with Gasteiger partial charge in [0.1, 0.15) is 17.7 Å². The van der Waals surface area contributed by atoms with E-state index in [2.05, 4.69) is 20.3 Å². The summed E-state index contributed by atoms with van der Waals surface area (Å²) < 4.78 is 27.9. The number of aromatic nitrogens is 3. The number of nitrogens with two attached hydrogens (primary N) is 1. The third-order valence-electron chi connectivity index (χ3n) is 5.47. The van der Waals surface area contributed by atoms with E-state index < -0.39 is 23.3 Å². The molecular weight excluding hydrogens is 404 g/mol. The summed E-state index contributed by atoms with van der Waals surface area (Å²) in [5.41, 5.74) is 6.39. The topological polar surface area (TPSA) is 114 Å². The van der Waals surface area contributed by atoms with E-state index in [-0.39, 0.29) is 43.2 Å². The van der Waals surface area contributed by atoms with Crippen molar-refractivity contribution >= 4 is 11.9 Å². The van der Waals surface area contributed by atoms with Crippen LogP contribution in [0.3, 0.4) is 0 Å². The summed E-state index contributed by atoms with van der Waals surface area (Å²) in [6, 6.07) is 7.57.